The highest BCUT2D eigenvalue weighted by Crippen LogP contribution is 2.11. The third-order valence-electron chi connectivity index (χ3n) is 10.6. The van der Waals surface area contributed by atoms with E-state index >= 15 is 0 Å². The van der Waals surface area contributed by atoms with Crippen LogP contribution in [0.3, 0.4) is 0 Å². The Hall–Kier alpha value is -0.840. The topological polar surface area (TPSA) is 194 Å². The van der Waals surface area contributed by atoms with E-state index in [0.29, 0.717) is 159 Å². The smallest absolute Gasteiger partial charge is 0.105 e. The fourth-order valence-corrected chi connectivity index (χ4v) is 6.79. The second-order valence-corrected chi connectivity index (χ2v) is 18.7. The summed E-state index contributed by atoms with van der Waals surface area (Å²) in [6, 6.07) is 0. The molecule has 0 rings (SSSR count). The minimum Gasteiger partial charge on any atom is -0.379 e. The van der Waals surface area contributed by atoms with Crippen molar-refractivity contribution in [3.05, 3.63) is 0 Å². The van der Waals surface area contributed by atoms with Gasteiger partial charge in [0.05, 0.1) is 185 Å². The molecule has 0 aliphatic heterocycles. The fraction of sp³-hybridized carbons (Fsp3) is 1.00. The maximum absolute atomic E-state index is 6.81. The van der Waals surface area contributed by atoms with Crippen LogP contribution in [0.15, 0.2) is 0 Å². The lowest BCUT2D eigenvalue weighted by Gasteiger charge is -2.29. The Morgan fingerprint density at radius 2 is 0.304 bits per heavy atom. The Balaban J connectivity index is 6.77. The molecule has 79 heavy (non-hydrogen) atoms. The molecule has 0 aliphatic carbocycles. The molecular formula is C58H118O21. The number of ether oxygens (including phenoxy) is 21. The lowest BCUT2D eigenvalue weighted by Crippen LogP contribution is -2.41. The highest BCUT2D eigenvalue weighted by molar-refractivity contribution is 4.70. The molecule has 0 spiro atoms. The number of rotatable bonds is 70. The van der Waals surface area contributed by atoms with Crippen molar-refractivity contribution in [3.8, 4) is 0 Å². The maximum Gasteiger partial charge on any atom is 0.105 e. The van der Waals surface area contributed by atoms with Crippen molar-refractivity contribution < 1.29 is 99.5 Å². The molecule has 0 radical (unpaired) electrons. The number of hydrogen-bond acceptors (Lipinski definition) is 21. The van der Waals surface area contributed by atoms with Gasteiger partial charge in [0.1, 0.15) is 36.6 Å². The first-order valence-corrected chi connectivity index (χ1v) is 30.4. The van der Waals surface area contributed by atoms with Crippen molar-refractivity contribution in [2.45, 2.75) is 143 Å². The van der Waals surface area contributed by atoms with E-state index in [1.807, 2.05) is 0 Å². The van der Waals surface area contributed by atoms with Crippen LogP contribution < -0.4 is 0 Å². The standard InChI is InChI=1S/C58H118O21/c1-9-17-59-25-33-67-41-53(42-68-34-26-60-18-10-2)76-51-57(78-55(45-71-37-29-63-21-13-5)46-72-38-30-64-22-14-6)49-75-50-58(79-56(47-73-39-31-65-23-15-7)48-74-40-32-66-24-16-8)52-77-54(43-69-35-27-61-19-11-3)44-70-36-28-62-20-12-4/h53-58H,9-52H2,1-8H3. The SMILES string of the molecule is CCCOCCOCC(COCCOCCC)OCC(COCC(COC(COCCOCCC)COCCOCCC)OC(COCCOCCC)COCCOCCC)OC(COCCOCCC)COCCOCCC. The van der Waals surface area contributed by atoms with Crippen molar-refractivity contribution in [1.29, 1.82) is 0 Å². The van der Waals surface area contributed by atoms with E-state index in [9.17, 15) is 0 Å². The molecule has 21 heteroatoms. The number of hydrogen-bond donors (Lipinski definition) is 0. The van der Waals surface area contributed by atoms with E-state index in [1.165, 1.54) is 0 Å². The van der Waals surface area contributed by atoms with Gasteiger partial charge in [-0.25, -0.2) is 0 Å². The molecule has 0 saturated carbocycles. The van der Waals surface area contributed by atoms with Gasteiger partial charge in [-0.15, -0.1) is 0 Å². The molecule has 0 aromatic carbocycles. The molecule has 0 aromatic heterocycles. The molecule has 0 bridgehead atoms. The predicted octanol–water partition coefficient (Wildman–Crippen LogP) is 6.83. The molecule has 0 saturated heterocycles. The van der Waals surface area contributed by atoms with Crippen molar-refractivity contribution in [3.63, 3.8) is 0 Å². The van der Waals surface area contributed by atoms with Gasteiger partial charge in [-0.05, 0) is 51.4 Å². The lowest BCUT2D eigenvalue weighted by molar-refractivity contribution is -0.170. The van der Waals surface area contributed by atoms with E-state index in [-0.39, 0.29) is 79.3 Å². The molecule has 2 atom stereocenters. The molecular weight excluding hydrogens is 1030 g/mol. The highest BCUT2D eigenvalue weighted by atomic mass is 16.6. The molecule has 2 unspecified atom stereocenters. The van der Waals surface area contributed by atoms with Gasteiger partial charge in [-0.2, -0.15) is 0 Å². The minimum absolute atomic E-state index is 0.117. The van der Waals surface area contributed by atoms with Crippen LogP contribution in [-0.2, 0) is 99.5 Å². The molecule has 21 nitrogen and oxygen atoms in total. The zero-order valence-corrected chi connectivity index (χ0v) is 51.2. The Labute approximate surface area is 479 Å². The van der Waals surface area contributed by atoms with E-state index in [2.05, 4.69) is 55.4 Å². The van der Waals surface area contributed by atoms with E-state index in [4.69, 9.17) is 99.5 Å². The zero-order chi connectivity index (χ0) is 57.4. The Kier molecular flexibility index (Phi) is 65.6. The van der Waals surface area contributed by atoms with Gasteiger partial charge >= 0.3 is 0 Å². The summed E-state index contributed by atoms with van der Waals surface area (Å²) in [5, 5.41) is 0. The minimum atomic E-state index is -0.595. The molecule has 0 fully saturated rings. The van der Waals surface area contributed by atoms with Crippen LogP contribution in [0.1, 0.15) is 107 Å². The van der Waals surface area contributed by atoms with Crippen LogP contribution in [0.25, 0.3) is 0 Å². The first-order valence-electron chi connectivity index (χ1n) is 30.4. The van der Waals surface area contributed by atoms with Gasteiger partial charge in [0.25, 0.3) is 0 Å². The summed E-state index contributed by atoms with van der Waals surface area (Å²) >= 11 is 0. The van der Waals surface area contributed by atoms with Crippen LogP contribution in [0, 0.1) is 0 Å². The maximum atomic E-state index is 6.81. The van der Waals surface area contributed by atoms with E-state index < -0.39 is 36.6 Å². The largest absolute Gasteiger partial charge is 0.379 e. The summed E-state index contributed by atoms with van der Waals surface area (Å²) in [5.74, 6) is 0. The van der Waals surface area contributed by atoms with Crippen molar-refractivity contribution in [2.75, 3.05) is 238 Å². The fourth-order valence-electron chi connectivity index (χ4n) is 6.79. The molecule has 476 valence electrons. The third-order valence-corrected chi connectivity index (χ3v) is 10.6. The van der Waals surface area contributed by atoms with Gasteiger partial charge in [-0.3, -0.25) is 0 Å². The monoisotopic (exact) mass is 1150 g/mol. The third kappa shape index (κ3) is 57.4. The summed E-state index contributed by atoms with van der Waals surface area (Å²) in [6.07, 6.45) is 4.42. The van der Waals surface area contributed by atoms with Crippen molar-refractivity contribution in [2.24, 2.45) is 0 Å². The van der Waals surface area contributed by atoms with Crippen LogP contribution in [0.5, 0.6) is 0 Å². The molecule has 0 aliphatic rings. The zero-order valence-electron chi connectivity index (χ0n) is 51.2. The average Bonchev–Trinajstić information content (AvgIpc) is 3.45. The van der Waals surface area contributed by atoms with Crippen LogP contribution in [0.2, 0.25) is 0 Å². The Morgan fingerprint density at radius 1 is 0.152 bits per heavy atom. The molecule has 0 N–H and O–H groups in total. The first kappa shape index (κ1) is 78.2. The molecule has 0 heterocycles. The van der Waals surface area contributed by atoms with Crippen molar-refractivity contribution in [1.82, 2.24) is 0 Å². The normalized spacial score (nSPS) is 12.9. The van der Waals surface area contributed by atoms with Gasteiger partial charge < -0.3 is 99.5 Å². The molecule has 0 amide bonds. The summed E-state index contributed by atoms with van der Waals surface area (Å²) in [7, 11) is 0. The second-order valence-electron chi connectivity index (χ2n) is 18.7. The van der Waals surface area contributed by atoms with Crippen molar-refractivity contribution >= 4 is 0 Å². The van der Waals surface area contributed by atoms with E-state index in [0.717, 1.165) is 51.4 Å². The summed E-state index contributed by atoms with van der Waals surface area (Å²) in [4.78, 5) is 0. The van der Waals surface area contributed by atoms with Crippen LogP contribution in [0.4, 0.5) is 0 Å². The second kappa shape index (κ2) is 66.3. The summed E-state index contributed by atoms with van der Waals surface area (Å²) < 4.78 is 127. The lowest BCUT2D eigenvalue weighted by atomic mass is 10.3. The van der Waals surface area contributed by atoms with Gasteiger partial charge in [0, 0.05) is 52.9 Å². The molecule has 0 aromatic rings. The summed E-state index contributed by atoms with van der Waals surface area (Å²) in [5.41, 5.74) is 0. The predicted molar refractivity (Wildman–Crippen MR) is 303 cm³/mol. The van der Waals surface area contributed by atoms with Gasteiger partial charge in [0.2, 0.25) is 0 Å². The van der Waals surface area contributed by atoms with Crippen LogP contribution >= 0.6 is 0 Å². The Bertz CT molecular complexity index is 978. The first-order chi connectivity index (χ1) is 39.0. The van der Waals surface area contributed by atoms with Gasteiger partial charge in [0.15, 0.2) is 0 Å². The average molecular weight is 1150 g/mol. The quantitative estimate of drug-likeness (QED) is 0.0575. The Morgan fingerprint density at radius 3 is 0.494 bits per heavy atom. The highest BCUT2D eigenvalue weighted by Gasteiger charge is 2.25. The summed E-state index contributed by atoms with van der Waals surface area (Å²) in [6.45, 7) is 31.7. The van der Waals surface area contributed by atoms with E-state index in [1.54, 1.807) is 0 Å². The van der Waals surface area contributed by atoms with Crippen LogP contribution in [-0.4, -0.2) is 274 Å². The van der Waals surface area contributed by atoms with Gasteiger partial charge in [-0.1, -0.05) is 55.4 Å².